The number of amides is 1. The van der Waals surface area contributed by atoms with Gasteiger partial charge in [-0.25, -0.2) is 0 Å². The number of halogens is 1. The van der Waals surface area contributed by atoms with Crippen LogP contribution in [0, 0.1) is 11.8 Å². The van der Waals surface area contributed by atoms with Gasteiger partial charge in [-0.1, -0.05) is 11.8 Å². The first-order valence-electron chi connectivity index (χ1n) is 4.77. The Morgan fingerprint density at radius 1 is 1.31 bits per heavy atom. The van der Waals surface area contributed by atoms with E-state index in [1.54, 1.807) is 18.2 Å². The Balaban J connectivity index is 2.30. The van der Waals surface area contributed by atoms with Gasteiger partial charge < -0.3 is 5.32 Å². The average molecular weight is 234 g/mol. The molecule has 80 valence electrons. The highest BCUT2D eigenvalue weighted by molar-refractivity contribution is 6.51. The summed E-state index contributed by atoms with van der Waals surface area (Å²) < 4.78 is 0. The molecular weight excluding hydrogens is 226 g/mol. The Morgan fingerprint density at radius 2 is 2.12 bits per heavy atom. The van der Waals surface area contributed by atoms with Gasteiger partial charge in [0.25, 0.3) is 11.7 Å². The maximum atomic E-state index is 11.3. The Morgan fingerprint density at radius 3 is 2.88 bits per heavy atom. The molecule has 1 aromatic carbocycles. The molecule has 1 aromatic rings. The molecule has 0 aromatic heterocycles. The zero-order valence-corrected chi connectivity index (χ0v) is 9.10. The van der Waals surface area contributed by atoms with Gasteiger partial charge in [-0.15, -0.1) is 11.6 Å². The molecule has 0 saturated heterocycles. The minimum Gasteiger partial charge on any atom is -0.318 e. The molecule has 1 aliphatic heterocycles. The van der Waals surface area contributed by atoms with Crippen LogP contribution in [0.2, 0.25) is 0 Å². The van der Waals surface area contributed by atoms with Crippen molar-refractivity contribution in [2.75, 3.05) is 11.2 Å². The minimum atomic E-state index is -0.583. The molecule has 2 rings (SSSR count). The molecule has 0 radical (unpaired) electrons. The summed E-state index contributed by atoms with van der Waals surface area (Å²) in [6.07, 6.45) is 0.615. The maximum Gasteiger partial charge on any atom is 0.296 e. The van der Waals surface area contributed by atoms with Crippen molar-refractivity contribution in [2.24, 2.45) is 0 Å². The number of Topliss-reactive ketones (excluding diaryl/α,β-unsaturated/α-hetero) is 1. The molecular formula is C12H8ClNO2. The Bertz CT molecular complexity index is 526. The summed E-state index contributed by atoms with van der Waals surface area (Å²) in [5.74, 6) is 5.21. The summed E-state index contributed by atoms with van der Waals surface area (Å²) in [5, 5.41) is 2.50. The largest absolute Gasteiger partial charge is 0.318 e. The molecule has 4 heteroatoms. The summed E-state index contributed by atoms with van der Waals surface area (Å²) in [4.78, 5) is 22.4. The van der Waals surface area contributed by atoms with Gasteiger partial charge in [0.2, 0.25) is 0 Å². The zero-order chi connectivity index (χ0) is 11.5. The number of hydrogen-bond acceptors (Lipinski definition) is 2. The first-order chi connectivity index (χ1) is 7.72. The number of carbonyl (C=O) groups excluding carboxylic acids is 2. The van der Waals surface area contributed by atoms with Crippen molar-refractivity contribution in [1.82, 2.24) is 0 Å². The molecule has 0 spiro atoms. The Kier molecular flexibility index (Phi) is 2.93. The third-order valence-corrected chi connectivity index (χ3v) is 2.36. The maximum absolute atomic E-state index is 11.3. The van der Waals surface area contributed by atoms with Crippen LogP contribution in [0.4, 0.5) is 5.69 Å². The fourth-order valence-electron chi connectivity index (χ4n) is 1.44. The zero-order valence-electron chi connectivity index (χ0n) is 8.34. The highest BCUT2D eigenvalue weighted by atomic mass is 35.5. The van der Waals surface area contributed by atoms with Gasteiger partial charge >= 0.3 is 0 Å². The van der Waals surface area contributed by atoms with E-state index in [1.807, 2.05) is 0 Å². The molecule has 1 heterocycles. The van der Waals surface area contributed by atoms with E-state index < -0.39 is 11.7 Å². The average Bonchev–Trinajstić information content (AvgIpc) is 2.55. The van der Waals surface area contributed by atoms with Crippen LogP contribution in [0.3, 0.4) is 0 Å². The number of fused-ring (bicyclic) bond motifs is 1. The molecule has 1 amide bonds. The van der Waals surface area contributed by atoms with Crippen molar-refractivity contribution < 1.29 is 9.59 Å². The fraction of sp³-hybridized carbons (Fsp3) is 0.167. The summed E-state index contributed by atoms with van der Waals surface area (Å²) in [7, 11) is 0. The molecule has 0 fully saturated rings. The number of rotatable bonds is 1. The van der Waals surface area contributed by atoms with Gasteiger partial charge in [0.1, 0.15) is 0 Å². The van der Waals surface area contributed by atoms with Crippen LogP contribution in [0.5, 0.6) is 0 Å². The number of carbonyl (C=O) groups is 2. The lowest BCUT2D eigenvalue weighted by Gasteiger charge is -1.96. The van der Waals surface area contributed by atoms with Crippen molar-refractivity contribution in [3.8, 4) is 11.8 Å². The summed E-state index contributed by atoms with van der Waals surface area (Å²) in [6, 6.07) is 5.03. The van der Waals surface area contributed by atoms with E-state index >= 15 is 0 Å². The van der Waals surface area contributed by atoms with E-state index in [2.05, 4.69) is 17.2 Å². The number of nitrogens with one attached hydrogen (secondary N) is 1. The number of ketones is 1. The van der Waals surface area contributed by atoms with E-state index in [9.17, 15) is 9.59 Å². The number of anilines is 1. The van der Waals surface area contributed by atoms with E-state index in [-0.39, 0.29) is 0 Å². The lowest BCUT2D eigenvalue weighted by molar-refractivity contribution is -0.112. The van der Waals surface area contributed by atoms with Crippen LogP contribution in [0.15, 0.2) is 18.2 Å². The van der Waals surface area contributed by atoms with Gasteiger partial charge in [-0.05, 0) is 18.2 Å². The van der Waals surface area contributed by atoms with Gasteiger partial charge in [-0.2, -0.15) is 0 Å². The van der Waals surface area contributed by atoms with E-state index in [0.717, 1.165) is 5.56 Å². The van der Waals surface area contributed by atoms with Crippen molar-refractivity contribution in [1.29, 1.82) is 0 Å². The molecule has 0 bridgehead atoms. The first kappa shape index (κ1) is 10.7. The Hall–Kier alpha value is -1.79. The van der Waals surface area contributed by atoms with Crippen LogP contribution < -0.4 is 5.32 Å². The SMILES string of the molecule is O=C1Nc2cc(C#CCCCl)ccc2C1=O. The van der Waals surface area contributed by atoms with Gasteiger partial charge in [0, 0.05) is 17.9 Å². The highest BCUT2D eigenvalue weighted by Gasteiger charge is 2.27. The quantitative estimate of drug-likeness (QED) is 0.457. The normalized spacial score (nSPS) is 12.8. The lowest BCUT2D eigenvalue weighted by atomic mass is 10.1. The van der Waals surface area contributed by atoms with Crippen molar-refractivity contribution in [2.45, 2.75) is 6.42 Å². The van der Waals surface area contributed by atoms with Crippen molar-refractivity contribution in [3.63, 3.8) is 0 Å². The standard InChI is InChI=1S/C12H8ClNO2/c13-6-2-1-3-8-4-5-9-10(7-8)14-12(16)11(9)15/h4-5,7H,2,6H2,(H,14,15,16). The molecule has 0 unspecified atom stereocenters. The second-order valence-electron chi connectivity index (χ2n) is 3.28. The molecule has 1 aliphatic rings. The minimum absolute atomic E-state index is 0.410. The van der Waals surface area contributed by atoms with Gasteiger partial charge in [-0.3, -0.25) is 9.59 Å². The molecule has 0 atom stereocenters. The number of alkyl halides is 1. The third-order valence-electron chi connectivity index (χ3n) is 2.17. The second-order valence-corrected chi connectivity index (χ2v) is 3.66. The van der Waals surface area contributed by atoms with Crippen LogP contribution in [0.1, 0.15) is 22.3 Å². The summed E-state index contributed by atoms with van der Waals surface area (Å²) in [5.41, 5.74) is 1.71. The monoisotopic (exact) mass is 233 g/mol. The molecule has 0 aliphatic carbocycles. The number of hydrogen-bond donors (Lipinski definition) is 1. The summed E-state index contributed by atoms with van der Waals surface area (Å²) in [6.45, 7) is 0. The van der Waals surface area contributed by atoms with E-state index in [0.29, 0.717) is 23.6 Å². The summed E-state index contributed by atoms with van der Waals surface area (Å²) >= 11 is 5.50. The predicted octanol–water partition coefficient (Wildman–Crippen LogP) is 1.80. The molecule has 3 nitrogen and oxygen atoms in total. The van der Waals surface area contributed by atoms with Crippen LogP contribution in [-0.4, -0.2) is 17.6 Å². The topological polar surface area (TPSA) is 46.2 Å². The third kappa shape index (κ3) is 1.93. The Labute approximate surface area is 97.8 Å². The van der Waals surface area contributed by atoms with Gasteiger partial charge in [0.15, 0.2) is 0 Å². The fourth-order valence-corrected chi connectivity index (χ4v) is 1.53. The number of benzene rings is 1. The predicted molar refractivity (Wildman–Crippen MR) is 61.6 cm³/mol. The van der Waals surface area contributed by atoms with Crippen LogP contribution in [-0.2, 0) is 4.79 Å². The highest BCUT2D eigenvalue weighted by Crippen LogP contribution is 2.23. The molecule has 1 N–H and O–H groups in total. The van der Waals surface area contributed by atoms with Crippen LogP contribution in [0.25, 0.3) is 0 Å². The van der Waals surface area contributed by atoms with Crippen LogP contribution >= 0.6 is 11.6 Å². The van der Waals surface area contributed by atoms with E-state index in [1.165, 1.54) is 0 Å². The van der Waals surface area contributed by atoms with Gasteiger partial charge in [0.05, 0.1) is 11.3 Å². The van der Waals surface area contributed by atoms with E-state index in [4.69, 9.17) is 11.6 Å². The smallest absolute Gasteiger partial charge is 0.296 e. The molecule has 0 saturated carbocycles. The van der Waals surface area contributed by atoms with Crippen molar-refractivity contribution in [3.05, 3.63) is 29.3 Å². The lowest BCUT2D eigenvalue weighted by Crippen LogP contribution is -2.12. The second kappa shape index (κ2) is 4.38. The first-order valence-corrected chi connectivity index (χ1v) is 5.30. The molecule has 16 heavy (non-hydrogen) atoms. The van der Waals surface area contributed by atoms with Crippen molar-refractivity contribution >= 4 is 29.0 Å².